The molecule has 1 aromatic rings. The number of nitrogens with zero attached hydrogens (tertiary/aromatic N) is 3. The van der Waals surface area contributed by atoms with Gasteiger partial charge in [-0.05, 0) is 69.3 Å². The molecule has 2 aliphatic rings. The van der Waals surface area contributed by atoms with Gasteiger partial charge >= 0.3 is 0 Å². The topological polar surface area (TPSA) is 30.9 Å². The van der Waals surface area contributed by atoms with Gasteiger partial charge in [0.25, 0.3) is 0 Å². The molecule has 1 unspecified atom stereocenters. The zero-order valence-electron chi connectivity index (χ0n) is 17.5. The summed E-state index contributed by atoms with van der Waals surface area (Å²) < 4.78 is 0. The van der Waals surface area contributed by atoms with Crippen LogP contribution in [0.15, 0.2) is 40.2 Å². The summed E-state index contributed by atoms with van der Waals surface area (Å²) in [7, 11) is 1.93. The molecule has 0 spiro atoms. The van der Waals surface area contributed by atoms with Gasteiger partial charge in [0, 0.05) is 37.3 Å². The molecular formula is C22H37IN4S. The lowest BCUT2D eigenvalue weighted by Crippen LogP contribution is -2.44. The Bertz CT molecular complexity index is 575. The molecular weight excluding hydrogens is 479 g/mol. The minimum absolute atomic E-state index is 0. The first kappa shape index (κ1) is 23.8. The van der Waals surface area contributed by atoms with Gasteiger partial charge in [-0.25, -0.2) is 0 Å². The van der Waals surface area contributed by atoms with Crippen LogP contribution in [0.5, 0.6) is 0 Å². The number of benzene rings is 1. The van der Waals surface area contributed by atoms with E-state index in [-0.39, 0.29) is 24.0 Å². The Labute approximate surface area is 192 Å². The van der Waals surface area contributed by atoms with Crippen LogP contribution in [0.25, 0.3) is 0 Å². The molecule has 1 N–H and O–H groups in total. The Morgan fingerprint density at radius 1 is 1.11 bits per heavy atom. The van der Waals surface area contributed by atoms with E-state index in [1.807, 2.05) is 18.8 Å². The fourth-order valence-corrected chi connectivity index (χ4v) is 5.24. The molecule has 0 amide bonds. The van der Waals surface area contributed by atoms with Crippen molar-refractivity contribution in [3.63, 3.8) is 0 Å². The predicted molar refractivity (Wildman–Crippen MR) is 133 cm³/mol. The Morgan fingerprint density at radius 3 is 2.50 bits per heavy atom. The number of thioether (sulfide) groups is 1. The first-order valence-electron chi connectivity index (χ1n) is 10.6. The van der Waals surface area contributed by atoms with Crippen LogP contribution in [-0.2, 0) is 0 Å². The summed E-state index contributed by atoms with van der Waals surface area (Å²) in [5.41, 5.74) is 0. The quantitative estimate of drug-likeness (QED) is 0.252. The van der Waals surface area contributed by atoms with E-state index < -0.39 is 0 Å². The zero-order valence-corrected chi connectivity index (χ0v) is 20.6. The second-order valence-electron chi connectivity index (χ2n) is 7.94. The molecule has 28 heavy (non-hydrogen) atoms. The number of halogens is 1. The number of rotatable bonds is 7. The third-order valence-electron chi connectivity index (χ3n) is 5.82. The van der Waals surface area contributed by atoms with Crippen molar-refractivity contribution in [3.8, 4) is 0 Å². The van der Waals surface area contributed by atoms with Gasteiger partial charge in [0.15, 0.2) is 5.96 Å². The predicted octanol–water partition coefficient (Wildman–Crippen LogP) is 4.42. The van der Waals surface area contributed by atoms with Gasteiger partial charge < -0.3 is 15.1 Å². The van der Waals surface area contributed by atoms with Crippen molar-refractivity contribution in [2.24, 2.45) is 16.8 Å². The van der Waals surface area contributed by atoms with E-state index in [0.717, 1.165) is 37.4 Å². The lowest BCUT2D eigenvalue weighted by atomic mass is 9.97. The largest absolute Gasteiger partial charge is 0.356 e. The fraction of sp³-hybridized carbons (Fsp3) is 0.682. The highest BCUT2D eigenvalue weighted by molar-refractivity contribution is 14.0. The van der Waals surface area contributed by atoms with Gasteiger partial charge in [-0.1, -0.05) is 25.1 Å². The molecule has 0 bridgehead atoms. The Hall–Kier alpha value is -0.470. The van der Waals surface area contributed by atoms with E-state index in [4.69, 9.17) is 0 Å². The summed E-state index contributed by atoms with van der Waals surface area (Å²) in [5, 5.41) is 3.67. The van der Waals surface area contributed by atoms with Gasteiger partial charge in [0.1, 0.15) is 0 Å². The van der Waals surface area contributed by atoms with Crippen molar-refractivity contribution >= 4 is 41.7 Å². The third kappa shape index (κ3) is 7.41. The third-order valence-corrected chi connectivity index (χ3v) is 7.07. The summed E-state index contributed by atoms with van der Waals surface area (Å²) in [6.45, 7) is 9.41. The van der Waals surface area contributed by atoms with E-state index >= 15 is 0 Å². The van der Waals surface area contributed by atoms with Gasteiger partial charge in [0.2, 0.25) is 0 Å². The van der Waals surface area contributed by atoms with E-state index in [1.54, 1.807) is 0 Å². The molecule has 158 valence electrons. The SMILES string of the molecule is CCCN1CCC(CNC(=NC)N2CCC(CSc3ccccc3)C2)CC1.I. The highest BCUT2D eigenvalue weighted by Gasteiger charge is 2.26. The Balaban J connectivity index is 0.00000280. The number of hydrogen-bond acceptors (Lipinski definition) is 3. The normalized spacial score (nSPS) is 21.6. The van der Waals surface area contributed by atoms with Crippen LogP contribution in [0.4, 0.5) is 0 Å². The van der Waals surface area contributed by atoms with Crippen LogP contribution in [0.3, 0.4) is 0 Å². The Kier molecular flexibility index (Phi) is 11.0. The van der Waals surface area contributed by atoms with Crippen molar-refractivity contribution in [1.82, 2.24) is 15.1 Å². The molecule has 4 nitrogen and oxygen atoms in total. The average molecular weight is 517 g/mol. The van der Waals surface area contributed by atoms with E-state index in [2.05, 4.69) is 57.4 Å². The smallest absolute Gasteiger partial charge is 0.193 e. The lowest BCUT2D eigenvalue weighted by Gasteiger charge is -2.32. The molecule has 1 atom stereocenters. The summed E-state index contributed by atoms with van der Waals surface area (Å²) in [6, 6.07) is 10.8. The molecule has 0 radical (unpaired) electrons. The van der Waals surface area contributed by atoms with Crippen LogP contribution in [0, 0.1) is 11.8 Å². The van der Waals surface area contributed by atoms with Gasteiger partial charge in [-0.15, -0.1) is 35.7 Å². The maximum atomic E-state index is 4.57. The minimum Gasteiger partial charge on any atom is -0.356 e. The molecule has 2 saturated heterocycles. The van der Waals surface area contributed by atoms with Crippen LogP contribution in [0.2, 0.25) is 0 Å². The second-order valence-corrected chi connectivity index (χ2v) is 9.03. The van der Waals surface area contributed by atoms with E-state index in [9.17, 15) is 0 Å². The molecule has 0 aromatic heterocycles. The van der Waals surface area contributed by atoms with Crippen LogP contribution in [0.1, 0.15) is 32.6 Å². The van der Waals surface area contributed by atoms with Crippen LogP contribution >= 0.6 is 35.7 Å². The van der Waals surface area contributed by atoms with Crippen molar-refractivity contribution in [2.75, 3.05) is 52.1 Å². The van der Waals surface area contributed by atoms with Gasteiger partial charge in [-0.2, -0.15) is 0 Å². The number of piperidine rings is 1. The molecule has 2 heterocycles. The first-order valence-corrected chi connectivity index (χ1v) is 11.6. The monoisotopic (exact) mass is 516 g/mol. The van der Waals surface area contributed by atoms with Gasteiger partial charge in [0.05, 0.1) is 0 Å². The van der Waals surface area contributed by atoms with Crippen LogP contribution < -0.4 is 5.32 Å². The number of hydrogen-bond donors (Lipinski definition) is 1. The number of likely N-dealkylation sites (tertiary alicyclic amines) is 2. The molecule has 0 aliphatic carbocycles. The van der Waals surface area contributed by atoms with E-state index in [0.29, 0.717) is 0 Å². The molecule has 6 heteroatoms. The summed E-state index contributed by atoms with van der Waals surface area (Å²) in [6.07, 6.45) is 5.19. The summed E-state index contributed by atoms with van der Waals surface area (Å²) in [4.78, 5) is 11.0. The zero-order chi connectivity index (χ0) is 18.9. The summed E-state index contributed by atoms with van der Waals surface area (Å²) >= 11 is 1.99. The maximum Gasteiger partial charge on any atom is 0.193 e. The van der Waals surface area contributed by atoms with Crippen LogP contribution in [-0.4, -0.2) is 67.8 Å². The number of aliphatic imine (C=N–C) groups is 1. The molecule has 0 saturated carbocycles. The van der Waals surface area contributed by atoms with Crippen molar-refractivity contribution in [1.29, 1.82) is 0 Å². The second kappa shape index (κ2) is 13.0. The molecule has 1 aromatic carbocycles. The maximum absolute atomic E-state index is 4.57. The minimum atomic E-state index is 0. The number of nitrogens with one attached hydrogen (secondary N) is 1. The fourth-order valence-electron chi connectivity index (χ4n) is 4.19. The lowest BCUT2D eigenvalue weighted by molar-refractivity contribution is 0.185. The first-order chi connectivity index (χ1) is 13.3. The number of guanidine groups is 1. The van der Waals surface area contributed by atoms with E-state index in [1.165, 1.54) is 56.0 Å². The standard InChI is InChI=1S/C22H36N4S.HI/c1-3-12-25-13-9-19(10-14-25)16-24-22(23-2)26-15-11-20(17-26)18-27-21-7-5-4-6-8-21;/h4-8,19-20H,3,9-18H2,1-2H3,(H,23,24);1H. The van der Waals surface area contributed by atoms with Gasteiger partial charge in [-0.3, -0.25) is 4.99 Å². The molecule has 2 fully saturated rings. The van der Waals surface area contributed by atoms with Crippen molar-refractivity contribution < 1.29 is 0 Å². The molecule has 3 rings (SSSR count). The highest BCUT2D eigenvalue weighted by atomic mass is 127. The highest BCUT2D eigenvalue weighted by Crippen LogP contribution is 2.26. The average Bonchev–Trinajstić information content (AvgIpc) is 3.18. The van der Waals surface area contributed by atoms with Crippen molar-refractivity contribution in [3.05, 3.63) is 30.3 Å². The van der Waals surface area contributed by atoms with Crippen molar-refractivity contribution in [2.45, 2.75) is 37.5 Å². The summed E-state index contributed by atoms with van der Waals surface area (Å²) in [5.74, 6) is 3.86. The Morgan fingerprint density at radius 2 is 1.82 bits per heavy atom. The molecule has 2 aliphatic heterocycles.